The van der Waals surface area contributed by atoms with E-state index in [4.69, 9.17) is 21.1 Å². The van der Waals surface area contributed by atoms with E-state index in [0.717, 1.165) is 6.42 Å². The van der Waals surface area contributed by atoms with Crippen molar-refractivity contribution in [2.75, 3.05) is 17.4 Å². The van der Waals surface area contributed by atoms with Crippen LogP contribution in [0.15, 0.2) is 36.4 Å². The largest absolute Gasteiger partial charge is 0.454 e. The van der Waals surface area contributed by atoms with Crippen LogP contribution in [0.5, 0.6) is 11.5 Å². The Hall–Kier alpha value is -2.73. The molecule has 130 valence electrons. The second-order valence-electron chi connectivity index (χ2n) is 5.51. The highest BCUT2D eigenvalue weighted by atomic mass is 35.5. The second kappa shape index (κ2) is 7.44. The van der Waals surface area contributed by atoms with Crippen molar-refractivity contribution in [3.05, 3.63) is 47.0 Å². The van der Waals surface area contributed by atoms with E-state index in [0.29, 0.717) is 39.9 Å². The van der Waals surface area contributed by atoms with Crippen LogP contribution in [0.3, 0.4) is 0 Å². The lowest BCUT2D eigenvalue weighted by Crippen LogP contribution is -2.14. The average molecular weight is 361 g/mol. The molecule has 1 aliphatic heterocycles. The number of hydrogen-bond donors (Lipinski definition) is 2. The number of anilines is 2. The van der Waals surface area contributed by atoms with Gasteiger partial charge in [-0.15, -0.1) is 0 Å². The Labute approximate surface area is 150 Å². The van der Waals surface area contributed by atoms with Gasteiger partial charge in [-0.1, -0.05) is 18.5 Å². The van der Waals surface area contributed by atoms with E-state index in [1.54, 1.807) is 36.4 Å². The van der Waals surface area contributed by atoms with Crippen molar-refractivity contribution >= 4 is 34.8 Å². The maximum Gasteiger partial charge on any atom is 0.255 e. The molecule has 2 amide bonds. The van der Waals surface area contributed by atoms with Gasteiger partial charge in [0.2, 0.25) is 12.7 Å². The van der Waals surface area contributed by atoms with E-state index in [9.17, 15) is 9.59 Å². The fourth-order valence-corrected chi connectivity index (χ4v) is 2.55. The van der Waals surface area contributed by atoms with E-state index >= 15 is 0 Å². The number of carbonyl (C=O) groups excluding carboxylic acids is 2. The minimum Gasteiger partial charge on any atom is -0.454 e. The molecular formula is C18H17ClN2O4. The fraction of sp³-hybridized carbons (Fsp3) is 0.222. The SMILES string of the molecule is CCCC(=O)Nc1ccc(Cl)c(NC(=O)c2ccc3c(c2)OCO3)c1. The molecule has 0 unspecified atom stereocenters. The van der Waals surface area contributed by atoms with Gasteiger partial charge < -0.3 is 20.1 Å². The summed E-state index contributed by atoms with van der Waals surface area (Å²) in [5, 5.41) is 5.89. The normalized spacial score (nSPS) is 11.9. The van der Waals surface area contributed by atoms with Gasteiger partial charge >= 0.3 is 0 Å². The van der Waals surface area contributed by atoms with Crippen molar-refractivity contribution in [1.29, 1.82) is 0 Å². The molecule has 2 aromatic carbocycles. The fourth-order valence-electron chi connectivity index (χ4n) is 2.38. The molecule has 0 bridgehead atoms. The molecule has 1 aliphatic rings. The van der Waals surface area contributed by atoms with Crippen molar-refractivity contribution in [2.24, 2.45) is 0 Å². The predicted molar refractivity (Wildman–Crippen MR) is 95.5 cm³/mol. The number of rotatable bonds is 5. The Balaban J connectivity index is 1.75. The number of carbonyl (C=O) groups is 2. The molecule has 7 heteroatoms. The Bertz CT molecular complexity index is 823. The first-order valence-corrected chi connectivity index (χ1v) is 8.25. The molecule has 0 spiro atoms. The first kappa shape index (κ1) is 17.1. The minimum absolute atomic E-state index is 0.0853. The third-order valence-corrected chi connectivity index (χ3v) is 3.94. The lowest BCUT2D eigenvalue weighted by atomic mass is 10.2. The number of hydrogen-bond acceptors (Lipinski definition) is 4. The molecule has 0 aromatic heterocycles. The van der Waals surface area contributed by atoms with Gasteiger partial charge in [0.15, 0.2) is 11.5 Å². The zero-order valence-electron chi connectivity index (χ0n) is 13.6. The van der Waals surface area contributed by atoms with Crippen molar-refractivity contribution in [3.63, 3.8) is 0 Å². The molecule has 3 rings (SSSR count). The molecule has 2 N–H and O–H groups in total. The van der Waals surface area contributed by atoms with Crippen molar-refractivity contribution < 1.29 is 19.1 Å². The monoisotopic (exact) mass is 360 g/mol. The molecular weight excluding hydrogens is 344 g/mol. The lowest BCUT2D eigenvalue weighted by molar-refractivity contribution is -0.116. The molecule has 0 fully saturated rings. The molecule has 0 radical (unpaired) electrons. The summed E-state index contributed by atoms with van der Waals surface area (Å²) in [7, 11) is 0. The van der Waals surface area contributed by atoms with Gasteiger partial charge in [0.25, 0.3) is 5.91 Å². The molecule has 0 atom stereocenters. The van der Waals surface area contributed by atoms with E-state index in [1.807, 2.05) is 6.92 Å². The molecule has 6 nitrogen and oxygen atoms in total. The van der Waals surface area contributed by atoms with Crippen LogP contribution >= 0.6 is 11.6 Å². The number of benzene rings is 2. The van der Waals surface area contributed by atoms with Gasteiger partial charge in [0.1, 0.15) is 0 Å². The average Bonchev–Trinajstić information content (AvgIpc) is 3.05. The molecule has 0 saturated carbocycles. The van der Waals surface area contributed by atoms with Crippen LogP contribution in [0, 0.1) is 0 Å². The summed E-state index contributed by atoms with van der Waals surface area (Å²) in [6.07, 6.45) is 1.19. The first-order valence-electron chi connectivity index (χ1n) is 7.87. The third kappa shape index (κ3) is 4.03. The predicted octanol–water partition coefficient (Wildman–Crippen LogP) is 4.06. The Kier molecular flexibility index (Phi) is 5.09. The summed E-state index contributed by atoms with van der Waals surface area (Å²) in [5.74, 6) is 0.713. The first-order chi connectivity index (χ1) is 12.1. The molecule has 0 saturated heterocycles. The number of ether oxygens (including phenoxy) is 2. The van der Waals surface area contributed by atoms with Gasteiger partial charge in [-0.05, 0) is 42.8 Å². The smallest absolute Gasteiger partial charge is 0.255 e. The minimum atomic E-state index is -0.336. The lowest BCUT2D eigenvalue weighted by Gasteiger charge is -2.11. The molecule has 25 heavy (non-hydrogen) atoms. The summed E-state index contributed by atoms with van der Waals surface area (Å²) in [5.41, 5.74) is 1.41. The van der Waals surface area contributed by atoms with Gasteiger partial charge in [-0.2, -0.15) is 0 Å². The highest BCUT2D eigenvalue weighted by Crippen LogP contribution is 2.33. The molecule has 2 aromatic rings. The van der Waals surface area contributed by atoms with Crippen LogP contribution in [0.4, 0.5) is 11.4 Å². The topological polar surface area (TPSA) is 76.7 Å². The summed E-state index contributed by atoms with van der Waals surface area (Å²) in [6, 6.07) is 9.87. The number of nitrogens with one attached hydrogen (secondary N) is 2. The second-order valence-corrected chi connectivity index (χ2v) is 5.92. The molecule has 0 aliphatic carbocycles. The molecule has 1 heterocycles. The van der Waals surface area contributed by atoms with E-state index < -0.39 is 0 Å². The Morgan fingerprint density at radius 3 is 2.68 bits per heavy atom. The van der Waals surface area contributed by atoms with Crippen LogP contribution in [0.2, 0.25) is 5.02 Å². The summed E-state index contributed by atoms with van der Waals surface area (Å²) in [6.45, 7) is 2.07. The number of halogens is 1. The van der Waals surface area contributed by atoms with Crippen LogP contribution in [0.25, 0.3) is 0 Å². The van der Waals surface area contributed by atoms with E-state index in [2.05, 4.69) is 10.6 Å². The third-order valence-electron chi connectivity index (χ3n) is 3.61. The van der Waals surface area contributed by atoms with Crippen LogP contribution in [-0.4, -0.2) is 18.6 Å². The summed E-state index contributed by atoms with van der Waals surface area (Å²) < 4.78 is 10.5. The van der Waals surface area contributed by atoms with Gasteiger partial charge in [-0.3, -0.25) is 9.59 Å². The summed E-state index contributed by atoms with van der Waals surface area (Å²) >= 11 is 6.15. The van der Waals surface area contributed by atoms with Crippen LogP contribution in [0.1, 0.15) is 30.1 Å². The highest BCUT2D eigenvalue weighted by molar-refractivity contribution is 6.34. The summed E-state index contributed by atoms with van der Waals surface area (Å²) in [4.78, 5) is 24.2. The quantitative estimate of drug-likeness (QED) is 0.843. The number of fused-ring (bicyclic) bond motifs is 1. The zero-order valence-corrected chi connectivity index (χ0v) is 14.4. The van der Waals surface area contributed by atoms with Gasteiger partial charge in [0.05, 0.1) is 10.7 Å². The van der Waals surface area contributed by atoms with Crippen LogP contribution < -0.4 is 20.1 Å². The van der Waals surface area contributed by atoms with Crippen LogP contribution in [-0.2, 0) is 4.79 Å². The zero-order chi connectivity index (χ0) is 17.8. The van der Waals surface area contributed by atoms with Crippen molar-refractivity contribution in [2.45, 2.75) is 19.8 Å². The standard InChI is InChI=1S/C18H17ClN2O4/c1-2-3-17(22)20-12-5-6-13(19)14(9-12)21-18(23)11-4-7-15-16(8-11)25-10-24-15/h4-9H,2-3,10H2,1H3,(H,20,22)(H,21,23). The Morgan fingerprint density at radius 2 is 1.88 bits per heavy atom. The van der Waals surface area contributed by atoms with Crippen molar-refractivity contribution in [1.82, 2.24) is 0 Å². The number of amides is 2. The Morgan fingerprint density at radius 1 is 1.08 bits per heavy atom. The van der Waals surface area contributed by atoms with Gasteiger partial charge in [0, 0.05) is 17.7 Å². The van der Waals surface area contributed by atoms with E-state index in [1.165, 1.54) is 0 Å². The highest BCUT2D eigenvalue weighted by Gasteiger charge is 2.17. The van der Waals surface area contributed by atoms with Crippen molar-refractivity contribution in [3.8, 4) is 11.5 Å². The maximum absolute atomic E-state index is 12.4. The maximum atomic E-state index is 12.4. The van der Waals surface area contributed by atoms with Gasteiger partial charge in [-0.25, -0.2) is 0 Å². The van der Waals surface area contributed by atoms with E-state index in [-0.39, 0.29) is 18.6 Å².